The quantitative estimate of drug-likeness (QED) is 0.178. The average molecular weight is 705 g/mol. The minimum absolute atomic E-state index is 0.496. The maximum atomic E-state index is 5.39. The average Bonchev–Trinajstić information content (AvgIpc) is 3.78. The van der Waals surface area contributed by atoms with Crippen LogP contribution in [-0.4, -0.2) is 9.97 Å². The highest BCUT2D eigenvalue weighted by atomic mass is 32.1. The van der Waals surface area contributed by atoms with Crippen LogP contribution in [0.4, 0.5) is 0 Å². The molecule has 0 saturated heterocycles. The van der Waals surface area contributed by atoms with E-state index in [0.29, 0.717) is 5.82 Å². The molecule has 0 spiro atoms. The lowest BCUT2D eigenvalue weighted by molar-refractivity contribution is 0.768. The zero-order valence-electron chi connectivity index (χ0n) is 29.3. The van der Waals surface area contributed by atoms with Gasteiger partial charge in [-0.15, -0.1) is 11.3 Å². The van der Waals surface area contributed by atoms with Gasteiger partial charge in [0, 0.05) is 36.9 Å². The Labute approximate surface area is 317 Å². The summed E-state index contributed by atoms with van der Waals surface area (Å²) in [6, 6.07) is 70.3. The summed E-state index contributed by atoms with van der Waals surface area (Å²) in [5.41, 5.74) is 12.1. The van der Waals surface area contributed by atoms with Crippen LogP contribution in [0.2, 0.25) is 0 Å². The van der Waals surface area contributed by atoms with E-state index in [2.05, 4.69) is 194 Å². The van der Waals surface area contributed by atoms with Crippen LogP contribution in [0.3, 0.4) is 0 Å². The third-order valence-corrected chi connectivity index (χ3v) is 12.4. The molecule has 2 heterocycles. The zero-order valence-corrected chi connectivity index (χ0v) is 30.1. The van der Waals surface area contributed by atoms with Crippen LogP contribution in [0.15, 0.2) is 194 Å². The fourth-order valence-corrected chi connectivity index (χ4v) is 9.97. The largest absolute Gasteiger partial charge is 0.228 e. The third kappa shape index (κ3) is 4.65. The van der Waals surface area contributed by atoms with Gasteiger partial charge in [-0.05, 0) is 68.4 Å². The molecule has 0 radical (unpaired) electrons. The predicted octanol–water partition coefficient (Wildman–Crippen LogP) is 13.4. The van der Waals surface area contributed by atoms with E-state index in [-0.39, 0.29) is 0 Å². The summed E-state index contributed by atoms with van der Waals surface area (Å²) in [7, 11) is 0. The number of benzene rings is 8. The van der Waals surface area contributed by atoms with Gasteiger partial charge < -0.3 is 0 Å². The van der Waals surface area contributed by atoms with E-state index >= 15 is 0 Å². The molecule has 0 unspecified atom stereocenters. The molecular weight excluding hydrogens is 673 g/mol. The molecule has 0 atom stereocenters. The predicted molar refractivity (Wildman–Crippen MR) is 226 cm³/mol. The van der Waals surface area contributed by atoms with Crippen molar-refractivity contribution in [1.82, 2.24) is 9.97 Å². The molecule has 10 aromatic rings. The van der Waals surface area contributed by atoms with E-state index in [9.17, 15) is 0 Å². The second kappa shape index (κ2) is 12.2. The third-order valence-electron chi connectivity index (χ3n) is 11.2. The zero-order chi connectivity index (χ0) is 35.6. The summed E-state index contributed by atoms with van der Waals surface area (Å²) in [4.78, 5) is 10.7. The number of hydrogen-bond donors (Lipinski definition) is 0. The van der Waals surface area contributed by atoms with Crippen LogP contribution in [0, 0.1) is 0 Å². The van der Waals surface area contributed by atoms with Crippen molar-refractivity contribution in [3.63, 3.8) is 0 Å². The van der Waals surface area contributed by atoms with Crippen LogP contribution in [0.25, 0.3) is 76.0 Å². The lowest BCUT2D eigenvalue weighted by atomic mass is 9.67. The molecule has 0 N–H and O–H groups in total. The molecule has 1 aliphatic rings. The van der Waals surface area contributed by atoms with Crippen molar-refractivity contribution in [3.05, 3.63) is 216 Å². The molecule has 3 heteroatoms. The van der Waals surface area contributed by atoms with Crippen molar-refractivity contribution >= 4 is 42.3 Å². The highest BCUT2D eigenvalue weighted by Gasteiger charge is 2.46. The van der Waals surface area contributed by atoms with E-state index in [1.54, 1.807) is 0 Å². The SMILES string of the molecule is c1ccc(C2(c3ccccc3)c3ccccc3-c3ccc(-c4cc(-c5cccc6c5sc5ccccc56)nc(-c5ccc6ccccc6c5)n4)cc32)cc1. The molecule has 2 nitrogen and oxygen atoms in total. The van der Waals surface area contributed by atoms with Gasteiger partial charge in [0.05, 0.1) is 16.8 Å². The number of aromatic nitrogens is 2. The Morgan fingerprint density at radius 3 is 1.85 bits per heavy atom. The van der Waals surface area contributed by atoms with Crippen LogP contribution in [0.5, 0.6) is 0 Å². The molecule has 0 fully saturated rings. The van der Waals surface area contributed by atoms with Gasteiger partial charge in [-0.25, -0.2) is 9.97 Å². The van der Waals surface area contributed by atoms with Crippen LogP contribution >= 0.6 is 11.3 Å². The fraction of sp³-hybridized carbons (Fsp3) is 0.0196. The standard InChI is InChI=1S/C51H32N2S/c1-3-16-37(17-4-1)51(38-18-5-2-6-19-38)44-24-11-9-20-39(44)40-29-28-35(31-45(40)51)46-32-47(43-23-13-22-42-41-21-10-12-25-48(41)54-49(42)43)53-50(52-46)36-27-26-33-14-7-8-15-34(33)30-36/h1-32H. The van der Waals surface area contributed by atoms with Gasteiger partial charge >= 0.3 is 0 Å². The van der Waals surface area contributed by atoms with Crippen molar-refractivity contribution in [2.75, 3.05) is 0 Å². The molecule has 11 rings (SSSR count). The van der Waals surface area contributed by atoms with Gasteiger partial charge in [0.25, 0.3) is 0 Å². The maximum absolute atomic E-state index is 5.39. The summed E-state index contributed by atoms with van der Waals surface area (Å²) in [5.74, 6) is 0.715. The fourth-order valence-electron chi connectivity index (χ4n) is 8.74. The first-order valence-electron chi connectivity index (χ1n) is 18.4. The normalized spacial score (nSPS) is 13.0. The summed E-state index contributed by atoms with van der Waals surface area (Å²) in [6.45, 7) is 0. The second-order valence-corrected chi connectivity index (χ2v) is 15.1. The molecule has 1 aliphatic carbocycles. The van der Waals surface area contributed by atoms with E-state index in [0.717, 1.165) is 28.1 Å². The summed E-state index contributed by atoms with van der Waals surface area (Å²) >= 11 is 1.83. The van der Waals surface area contributed by atoms with Gasteiger partial charge in [-0.1, -0.05) is 170 Å². The molecule has 0 aliphatic heterocycles. The van der Waals surface area contributed by atoms with Crippen LogP contribution < -0.4 is 0 Å². The van der Waals surface area contributed by atoms with Crippen LogP contribution in [-0.2, 0) is 5.41 Å². The molecule has 252 valence electrons. The van der Waals surface area contributed by atoms with Gasteiger partial charge in [0.1, 0.15) is 0 Å². The number of nitrogens with zero attached hydrogens (tertiary/aromatic N) is 2. The van der Waals surface area contributed by atoms with Crippen LogP contribution in [0.1, 0.15) is 22.3 Å². The smallest absolute Gasteiger partial charge is 0.160 e. The van der Waals surface area contributed by atoms with E-state index < -0.39 is 5.41 Å². The number of fused-ring (bicyclic) bond motifs is 7. The van der Waals surface area contributed by atoms with Gasteiger partial charge in [-0.2, -0.15) is 0 Å². The lowest BCUT2D eigenvalue weighted by Crippen LogP contribution is -2.28. The Hall–Kier alpha value is -6.68. The van der Waals surface area contributed by atoms with E-state index in [4.69, 9.17) is 9.97 Å². The molecule has 0 amide bonds. The Morgan fingerprint density at radius 2 is 1.02 bits per heavy atom. The lowest BCUT2D eigenvalue weighted by Gasteiger charge is -2.34. The van der Waals surface area contributed by atoms with E-state index in [1.807, 2.05) is 11.3 Å². The van der Waals surface area contributed by atoms with Crippen molar-refractivity contribution in [2.45, 2.75) is 5.41 Å². The first kappa shape index (κ1) is 30.9. The van der Waals surface area contributed by atoms with Crippen molar-refractivity contribution < 1.29 is 0 Å². The second-order valence-electron chi connectivity index (χ2n) is 14.1. The van der Waals surface area contributed by atoms with Gasteiger partial charge in [-0.3, -0.25) is 0 Å². The molecule has 0 bridgehead atoms. The Balaban J connectivity index is 1.18. The molecular formula is C51H32N2S. The molecule has 0 saturated carbocycles. The molecule has 8 aromatic carbocycles. The minimum atomic E-state index is -0.496. The number of hydrogen-bond acceptors (Lipinski definition) is 3. The van der Waals surface area contributed by atoms with Crippen molar-refractivity contribution in [1.29, 1.82) is 0 Å². The monoisotopic (exact) mass is 704 g/mol. The number of rotatable bonds is 5. The summed E-state index contributed by atoms with van der Waals surface area (Å²) in [5, 5.41) is 4.90. The highest BCUT2D eigenvalue weighted by Crippen LogP contribution is 2.56. The molecule has 54 heavy (non-hydrogen) atoms. The Kier molecular flexibility index (Phi) is 6.98. The summed E-state index contributed by atoms with van der Waals surface area (Å²) in [6.07, 6.45) is 0. The minimum Gasteiger partial charge on any atom is -0.228 e. The van der Waals surface area contributed by atoms with Gasteiger partial charge in [0.15, 0.2) is 5.82 Å². The first-order chi connectivity index (χ1) is 26.8. The van der Waals surface area contributed by atoms with Gasteiger partial charge in [0.2, 0.25) is 0 Å². The summed E-state index contributed by atoms with van der Waals surface area (Å²) < 4.78 is 2.52. The topological polar surface area (TPSA) is 25.8 Å². The Bertz CT molecular complexity index is 3010. The van der Waals surface area contributed by atoms with Crippen molar-refractivity contribution in [2.24, 2.45) is 0 Å². The van der Waals surface area contributed by atoms with Crippen molar-refractivity contribution in [3.8, 4) is 45.0 Å². The first-order valence-corrected chi connectivity index (χ1v) is 19.2. The number of thiophene rings is 1. The molecule has 2 aromatic heterocycles. The highest BCUT2D eigenvalue weighted by molar-refractivity contribution is 7.26. The Morgan fingerprint density at radius 1 is 0.389 bits per heavy atom. The van der Waals surface area contributed by atoms with E-state index in [1.165, 1.54) is 64.3 Å². The maximum Gasteiger partial charge on any atom is 0.160 e.